The van der Waals surface area contributed by atoms with Gasteiger partial charge in [0, 0.05) is 13.7 Å². The van der Waals surface area contributed by atoms with E-state index in [4.69, 9.17) is 14.2 Å². The van der Waals surface area contributed by atoms with Crippen LogP contribution < -0.4 is 0 Å². The summed E-state index contributed by atoms with van der Waals surface area (Å²) in [6.45, 7) is 0.981. The van der Waals surface area contributed by atoms with Crippen molar-refractivity contribution in [1.82, 2.24) is 0 Å². The third-order valence-electron chi connectivity index (χ3n) is 2.21. The van der Waals surface area contributed by atoms with E-state index in [0.717, 1.165) is 19.3 Å². The fraction of sp³-hybridized carbons (Fsp3) is 1.00. The van der Waals surface area contributed by atoms with Crippen LogP contribution in [0, 0.1) is 0 Å². The van der Waals surface area contributed by atoms with Crippen LogP contribution in [0.5, 0.6) is 0 Å². The van der Waals surface area contributed by atoms with Gasteiger partial charge in [0.1, 0.15) is 0 Å². The smallest absolute Gasteiger partial charge is 0.344 e. The van der Waals surface area contributed by atoms with Gasteiger partial charge < -0.3 is 14.2 Å². The molecule has 0 aromatic rings. The Kier molecular flexibility index (Phi) is 14.2. The monoisotopic (exact) mass is 270 g/mol. The normalized spacial score (nSPS) is 12.9. The third kappa shape index (κ3) is 11.1. The molecular formula is C10H23O4PS. The molecule has 1 N–H and O–H groups in total. The Morgan fingerprint density at radius 2 is 1.56 bits per heavy atom. The van der Waals surface area contributed by atoms with Crippen LogP contribution in [0.3, 0.4) is 0 Å². The molecule has 98 valence electrons. The van der Waals surface area contributed by atoms with E-state index in [9.17, 15) is 0 Å². The molecule has 1 unspecified atom stereocenters. The second kappa shape index (κ2) is 13.7. The molecule has 0 aliphatic rings. The van der Waals surface area contributed by atoms with Crippen LogP contribution in [0.2, 0.25) is 0 Å². The molecule has 0 saturated heterocycles. The van der Waals surface area contributed by atoms with Crippen LogP contribution in [-0.4, -0.2) is 25.4 Å². The average molecular weight is 270 g/mol. The van der Waals surface area contributed by atoms with E-state index in [2.05, 4.69) is 16.9 Å². The SMILES string of the molecule is COP(OS)OCCCCCCCCCO. The molecule has 0 rings (SSSR count). The van der Waals surface area contributed by atoms with Gasteiger partial charge in [0.05, 0.1) is 6.61 Å². The highest BCUT2D eigenvalue weighted by Crippen LogP contribution is 2.39. The van der Waals surface area contributed by atoms with Crippen molar-refractivity contribution in [2.24, 2.45) is 0 Å². The average Bonchev–Trinajstić information content (AvgIpc) is 2.32. The van der Waals surface area contributed by atoms with Crippen molar-refractivity contribution in [1.29, 1.82) is 0 Å². The quantitative estimate of drug-likeness (QED) is 0.247. The zero-order valence-corrected chi connectivity index (χ0v) is 11.7. The highest BCUT2D eigenvalue weighted by atomic mass is 32.1. The Labute approximate surface area is 105 Å². The number of aliphatic hydroxyl groups excluding tert-OH is 1. The Morgan fingerprint density at radius 3 is 2.06 bits per heavy atom. The first kappa shape index (κ1) is 16.6. The molecule has 0 spiro atoms. The summed E-state index contributed by atoms with van der Waals surface area (Å²) < 4.78 is 14.9. The first-order chi connectivity index (χ1) is 7.85. The number of hydrogen-bond donors (Lipinski definition) is 2. The molecule has 0 aliphatic heterocycles. The zero-order valence-electron chi connectivity index (χ0n) is 9.93. The van der Waals surface area contributed by atoms with Gasteiger partial charge in [-0.1, -0.05) is 32.1 Å². The summed E-state index contributed by atoms with van der Waals surface area (Å²) in [5, 5.41) is 8.59. The molecule has 4 nitrogen and oxygen atoms in total. The molecule has 0 saturated carbocycles. The van der Waals surface area contributed by atoms with Crippen LogP contribution in [0.15, 0.2) is 0 Å². The predicted octanol–water partition coefficient (Wildman–Crippen LogP) is 3.46. The molecule has 1 atom stereocenters. The van der Waals surface area contributed by atoms with E-state index in [1.807, 2.05) is 0 Å². The summed E-state index contributed by atoms with van der Waals surface area (Å²) in [5.74, 6) is 0. The summed E-state index contributed by atoms with van der Waals surface area (Å²) in [6, 6.07) is 0. The van der Waals surface area contributed by atoms with Crippen LogP contribution in [0.25, 0.3) is 0 Å². The summed E-state index contributed by atoms with van der Waals surface area (Å²) in [5.41, 5.74) is 0. The zero-order chi connectivity index (χ0) is 12.1. The second-order valence-electron chi connectivity index (χ2n) is 3.52. The van der Waals surface area contributed by atoms with E-state index < -0.39 is 8.60 Å². The lowest BCUT2D eigenvalue weighted by Gasteiger charge is -2.10. The Morgan fingerprint density at radius 1 is 1.00 bits per heavy atom. The van der Waals surface area contributed by atoms with E-state index in [1.54, 1.807) is 7.11 Å². The van der Waals surface area contributed by atoms with Gasteiger partial charge in [0.15, 0.2) is 0 Å². The van der Waals surface area contributed by atoms with E-state index in [-0.39, 0.29) is 0 Å². The highest BCUT2D eigenvalue weighted by Gasteiger charge is 2.06. The van der Waals surface area contributed by atoms with Crippen LogP contribution >= 0.6 is 21.5 Å². The summed E-state index contributed by atoms with van der Waals surface area (Å²) in [4.78, 5) is 0. The molecule has 0 bridgehead atoms. The molecule has 0 amide bonds. The number of unbranched alkanes of at least 4 members (excludes halogenated alkanes) is 6. The lowest BCUT2D eigenvalue weighted by Crippen LogP contribution is -1.92. The molecule has 0 aromatic carbocycles. The Hall–Kier alpha value is 0.620. The number of rotatable bonds is 12. The number of hydrogen-bond acceptors (Lipinski definition) is 5. The van der Waals surface area contributed by atoms with Crippen LogP contribution in [0.4, 0.5) is 0 Å². The van der Waals surface area contributed by atoms with Gasteiger partial charge in [-0.15, -0.1) is 0 Å². The first-order valence-electron chi connectivity index (χ1n) is 5.74. The molecular weight excluding hydrogens is 247 g/mol. The Balaban J connectivity index is 3.03. The topological polar surface area (TPSA) is 47.9 Å². The Bertz CT molecular complexity index is 136. The van der Waals surface area contributed by atoms with E-state index >= 15 is 0 Å². The summed E-state index contributed by atoms with van der Waals surface area (Å²) >= 11 is 3.65. The lowest BCUT2D eigenvalue weighted by molar-refractivity contribution is 0.238. The van der Waals surface area contributed by atoms with Crippen molar-refractivity contribution in [3.8, 4) is 0 Å². The minimum absolute atomic E-state index is 0.318. The van der Waals surface area contributed by atoms with Gasteiger partial charge in [-0.05, 0) is 25.8 Å². The van der Waals surface area contributed by atoms with Crippen molar-refractivity contribution < 1.29 is 18.1 Å². The highest BCUT2D eigenvalue weighted by molar-refractivity contribution is 7.79. The minimum atomic E-state index is -1.25. The fourth-order valence-corrected chi connectivity index (χ4v) is 2.19. The first-order valence-corrected chi connectivity index (χ1v) is 7.20. The summed E-state index contributed by atoms with van der Waals surface area (Å²) in [6.07, 6.45) is 7.93. The molecule has 0 aliphatic carbocycles. The van der Waals surface area contributed by atoms with Crippen molar-refractivity contribution >= 4 is 21.5 Å². The molecule has 16 heavy (non-hydrogen) atoms. The van der Waals surface area contributed by atoms with Gasteiger partial charge in [0.25, 0.3) is 0 Å². The van der Waals surface area contributed by atoms with Crippen molar-refractivity contribution in [2.45, 2.75) is 44.9 Å². The molecule has 0 fully saturated rings. The maximum Gasteiger partial charge on any atom is 0.344 e. The summed E-state index contributed by atoms with van der Waals surface area (Å²) in [7, 11) is 0.292. The number of thiol groups is 1. The fourth-order valence-electron chi connectivity index (χ4n) is 1.35. The van der Waals surface area contributed by atoms with Crippen molar-refractivity contribution in [3.63, 3.8) is 0 Å². The van der Waals surface area contributed by atoms with Crippen LogP contribution in [-0.2, 0) is 13.0 Å². The van der Waals surface area contributed by atoms with Gasteiger partial charge in [0.2, 0.25) is 0 Å². The molecule has 0 aromatic heterocycles. The van der Waals surface area contributed by atoms with Gasteiger partial charge in [-0.2, -0.15) is 0 Å². The second-order valence-corrected chi connectivity index (χ2v) is 5.24. The van der Waals surface area contributed by atoms with Gasteiger partial charge in [-0.3, -0.25) is 0 Å². The standard InChI is InChI=1S/C10H23O4PS/c1-12-15(14-16)13-10-8-6-4-2-3-5-7-9-11/h11,16H,2-10H2,1H3. The van der Waals surface area contributed by atoms with Crippen molar-refractivity contribution in [2.75, 3.05) is 20.3 Å². The molecule has 0 heterocycles. The van der Waals surface area contributed by atoms with E-state index in [0.29, 0.717) is 13.2 Å². The van der Waals surface area contributed by atoms with Gasteiger partial charge >= 0.3 is 8.60 Å². The molecule has 0 radical (unpaired) electrons. The van der Waals surface area contributed by atoms with Gasteiger partial charge in [-0.25, -0.2) is 3.97 Å². The van der Waals surface area contributed by atoms with Crippen LogP contribution in [0.1, 0.15) is 44.9 Å². The largest absolute Gasteiger partial charge is 0.396 e. The maximum atomic E-state index is 8.59. The minimum Gasteiger partial charge on any atom is -0.396 e. The number of aliphatic hydroxyl groups is 1. The van der Waals surface area contributed by atoms with Crippen molar-refractivity contribution in [3.05, 3.63) is 0 Å². The predicted molar refractivity (Wildman–Crippen MR) is 69.4 cm³/mol. The maximum absolute atomic E-state index is 8.59. The molecule has 6 heteroatoms. The third-order valence-corrected chi connectivity index (χ3v) is 3.44. The lowest BCUT2D eigenvalue weighted by atomic mass is 10.1. The van der Waals surface area contributed by atoms with E-state index in [1.165, 1.54) is 25.7 Å².